The van der Waals surface area contributed by atoms with Crippen molar-refractivity contribution in [3.8, 4) is 0 Å². The Morgan fingerprint density at radius 2 is 1.28 bits per heavy atom. The van der Waals surface area contributed by atoms with Crippen LogP contribution in [0.4, 0.5) is 0 Å². The summed E-state index contributed by atoms with van der Waals surface area (Å²) in [5, 5.41) is 0. The summed E-state index contributed by atoms with van der Waals surface area (Å²) < 4.78 is 0. The molecule has 1 aliphatic carbocycles. The highest BCUT2D eigenvalue weighted by molar-refractivity contribution is 4.94. The monoisotopic (exact) mass is 252 g/mol. The van der Waals surface area contributed by atoms with Crippen LogP contribution in [0.3, 0.4) is 0 Å². The summed E-state index contributed by atoms with van der Waals surface area (Å²) in [6, 6.07) is 0. The number of hydrogen-bond acceptors (Lipinski definition) is 0. The van der Waals surface area contributed by atoms with E-state index in [4.69, 9.17) is 0 Å². The van der Waals surface area contributed by atoms with Gasteiger partial charge in [-0.2, -0.15) is 0 Å². The highest BCUT2D eigenvalue weighted by atomic mass is 14.5. The van der Waals surface area contributed by atoms with Crippen LogP contribution in [-0.4, -0.2) is 0 Å². The van der Waals surface area contributed by atoms with Crippen LogP contribution in [0.25, 0.3) is 0 Å². The van der Waals surface area contributed by atoms with E-state index in [1.54, 1.807) is 0 Å². The molecule has 0 aliphatic heterocycles. The number of hydrogen-bond donors (Lipinski definition) is 0. The van der Waals surface area contributed by atoms with Gasteiger partial charge in [0.15, 0.2) is 0 Å². The molecule has 0 spiro atoms. The molecule has 1 saturated carbocycles. The summed E-state index contributed by atoms with van der Waals surface area (Å²) in [6.07, 6.45) is 7.21. The van der Waals surface area contributed by atoms with Crippen LogP contribution < -0.4 is 0 Å². The second kappa shape index (κ2) is 5.17. The zero-order valence-electron chi connectivity index (χ0n) is 14.2. The molecular weight excluding hydrogens is 216 g/mol. The molecule has 0 aromatic rings. The largest absolute Gasteiger partial charge is 0.0602 e. The summed E-state index contributed by atoms with van der Waals surface area (Å²) in [7, 11) is 0. The van der Waals surface area contributed by atoms with Crippen LogP contribution in [0.15, 0.2) is 0 Å². The predicted octanol–water partition coefficient (Wildman–Crippen LogP) is 6.30. The first kappa shape index (κ1) is 16.1. The Bertz CT molecular complexity index is 259. The molecule has 108 valence electrons. The minimum absolute atomic E-state index is 0.408. The van der Waals surface area contributed by atoms with E-state index in [0.717, 1.165) is 11.8 Å². The van der Waals surface area contributed by atoms with E-state index >= 15 is 0 Å². The number of rotatable bonds is 2. The lowest BCUT2D eigenvalue weighted by Gasteiger charge is -2.51. The van der Waals surface area contributed by atoms with Crippen LogP contribution in [0.2, 0.25) is 0 Å². The van der Waals surface area contributed by atoms with Crippen molar-refractivity contribution in [3.63, 3.8) is 0 Å². The molecule has 0 nitrogen and oxygen atoms in total. The van der Waals surface area contributed by atoms with Crippen LogP contribution in [0.1, 0.15) is 87.5 Å². The smallest absolute Gasteiger partial charge is 0.0275 e. The third-order valence-electron chi connectivity index (χ3n) is 5.64. The molecule has 0 radical (unpaired) electrons. The molecule has 0 amide bonds. The zero-order chi connectivity index (χ0) is 14.2. The van der Waals surface area contributed by atoms with Gasteiger partial charge in [0.25, 0.3) is 0 Å². The van der Waals surface area contributed by atoms with Gasteiger partial charge in [-0.25, -0.2) is 0 Å². The standard InChI is InChI=1S/C18H36/c1-16(2,3)13-14-11-9-10-12-15(14)18(7,8)17(4,5)6/h14-15H,9-13H2,1-8H3. The Morgan fingerprint density at radius 1 is 0.778 bits per heavy atom. The van der Waals surface area contributed by atoms with Crippen molar-refractivity contribution in [1.82, 2.24) is 0 Å². The van der Waals surface area contributed by atoms with Crippen LogP contribution >= 0.6 is 0 Å². The van der Waals surface area contributed by atoms with Gasteiger partial charge in [-0.1, -0.05) is 74.7 Å². The maximum atomic E-state index is 2.51. The van der Waals surface area contributed by atoms with Crippen molar-refractivity contribution in [2.45, 2.75) is 87.5 Å². The molecule has 2 atom stereocenters. The van der Waals surface area contributed by atoms with E-state index in [1.165, 1.54) is 32.1 Å². The quantitative estimate of drug-likeness (QED) is 0.541. The van der Waals surface area contributed by atoms with E-state index in [9.17, 15) is 0 Å². The molecule has 0 saturated heterocycles. The van der Waals surface area contributed by atoms with E-state index in [1.807, 2.05) is 0 Å². The predicted molar refractivity (Wildman–Crippen MR) is 82.8 cm³/mol. The van der Waals surface area contributed by atoms with E-state index in [0.29, 0.717) is 16.2 Å². The molecular formula is C18H36. The molecule has 1 fully saturated rings. The van der Waals surface area contributed by atoms with Crippen LogP contribution in [0.5, 0.6) is 0 Å². The van der Waals surface area contributed by atoms with Crippen LogP contribution in [-0.2, 0) is 0 Å². The van der Waals surface area contributed by atoms with Gasteiger partial charge in [-0.3, -0.25) is 0 Å². The van der Waals surface area contributed by atoms with Gasteiger partial charge in [0.05, 0.1) is 0 Å². The molecule has 18 heavy (non-hydrogen) atoms. The third-order valence-corrected chi connectivity index (χ3v) is 5.64. The van der Waals surface area contributed by atoms with Gasteiger partial charge in [-0.05, 0) is 40.9 Å². The first-order valence-electron chi connectivity index (χ1n) is 7.95. The molecule has 1 rings (SSSR count). The molecule has 0 heterocycles. The van der Waals surface area contributed by atoms with Crippen molar-refractivity contribution >= 4 is 0 Å². The molecule has 0 bridgehead atoms. The summed E-state index contributed by atoms with van der Waals surface area (Å²) in [5.41, 5.74) is 1.34. The maximum Gasteiger partial charge on any atom is -0.0275 e. The lowest BCUT2D eigenvalue weighted by atomic mass is 9.54. The summed E-state index contributed by atoms with van der Waals surface area (Å²) in [5.74, 6) is 1.85. The Balaban J connectivity index is 2.89. The van der Waals surface area contributed by atoms with E-state index in [-0.39, 0.29) is 0 Å². The SMILES string of the molecule is CC(C)(C)CC1CCCCC1C(C)(C)C(C)(C)C. The first-order chi connectivity index (χ1) is 7.95. The Labute approximate surface area is 116 Å². The lowest BCUT2D eigenvalue weighted by molar-refractivity contribution is -0.0144. The molecule has 0 heteroatoms. The average Bonchev–Trinajstić information content (AvgIpc) is 2.13. The molecule has 2 unspecified atom stereocenters. The minimum Gasteiger partial charge on any atom is -0.0602 e. The van der Waals surface area contributed by atoms with Crippen molar-refractivity contribution in [2.75, 3.05) is 0 Å². The second-order valence-electron chi connectivity index (χ2n) is 9.39. The van der Waals surface area contributed by atoms with Gasteiger partial charge in [0.1, 0.15) is 0 Å². The van der Waals surface area contributed by atoms with Gasteiger partial charge < -0.3 is 0 Å². The van der Waals surface area contributed by atoms with Crippen molar-refractivity contribution in [3.05, 3.63) is 0 Å². The molecule has 0 aromatic heterocycles. The normalized spacial score (nSPS) is 27.3. The Hall–Kier alpha value is 0. The fraction of sp³-hybridized carbons (Fsp3) is 1.00. The van der Waals surface area contributed by atoms with E-state index in [2.05, 4.69) is 55.4 Å². The fourth-order valence-corrected chi connectivity index (χ4v) is 3.74. The highest BCUT2D eigenvalue weighted by Gasteiger charge is 2.44. The third kappa shape index (κ3) is 3.75. The maximum absolute atomic E-state index is 2.51. The van der Waals surface area contributed by atoms with E-state index < -0.39 is 0 Å². The zero-order valence-corrected chi connectivity index (χ0v) is 14.2. The topological polar surface area (TPSA) is 0 Å². The van der Waals surface area contributed by atoms with Crippen LogP contribution in [0, 0.1) is 28.1 Å². The summed E-state index contributed by atoms with van der Waals surface area (Å²) in [4.78, 5) is 0. The summed E-state index contributed by atoms with van der Waals surface area (Å²) >= 11 is 0. The lowest BCUT2D eigenvalue weighted by Crippen LogP contribution is -2.43. The van der Waals surface area contributed by atoms with Crippen molar-refractivity contribution < 1.29 is 0 Å². The van der Waals surface area contributed by atoms with Gasteiger partial charge in [0, 0.05) is 0 Å². The minimum atomic E-state index is 0.408. The van der Waals surface area contributed by atoms with Gasteiger partial charge in [-0.15, -0.1) is 0 Å². The second-order valence-corrected chi connectivity index (χ2v) is 9.39. The fourth-order valence-electron chi connectivity index (χ4n) is 3.74. The van der Waals surface area contributed by atoms with Crippen molar-refractivity contribution in [2.24, 2.45) is 28.1 Å². The highest BCUT2D eigenvalue weighted by Crippen LogP contribution is 2.53. The van der Waals surface area contributed by atoms with Gasteiger partial charge in [0.2, 0.25) is 0 Å². The Morgan fingerprint density at radius 3 is 1.72 bits per heavy atom. The molecule has 0 aromatic carbocycles. The average molecular weight is 252 g/mol. The van der Waals surface area contributed by atoms with Gasteiger partial charge >= 0.3 is 0 Å². The molecule has 1 aliphatic rings. The summed E-state index contributed by atoms with van der Waals surface area (Å²) in [6.45, 7) is 19.5. The molecule has 0 N–H and O–H groups in total. The first-order valence-corrected chi connectivity index (χ1v) is 7.95. The Kier molecular flexibility index (Phi) is 4.62. The van der Waals surface area contributed by atoms with Crippen molar-refractivity contribution in [1.29, 1.82) is 0 Å².